The van der Waals surface area contributed by atoms with Crippen LogP contribution in [0.15, 0.2) is 0 Å². The fraction of sp³-hybridized carbons (Fsp3) is 0.854. The number of nitrogens with one attached hydrogen (secondary N) is 3. The Hall–Kier alpha value is -3.82. The van der Waals surface area contributed by atoms with Gasteiger partial charge >= 0.3 is 17.9 Å². The van der Waals surface area contributed by atoms with Gasteiger partial charge < -0.3 is 111 Å². The van der Waals surface area contributed by atoms with E-state index in [-0.39, 0.29) is 0 Å². The average Bonchev–Trinajstić information content (AvgIpc) is 3.72. The van der Waals surface area contributed by atoms with Crippen molar-refractivity contribution in [2.24, 2.45) is 16.7 Å². The Bertz CT molecular complexity index is 1930. The Morgan fingerprint density at radius 3 is 1.58 bits per heavy atom. The smallest absolute Gasteiger partial charge is 0.364 e. The van der Waals surface area contributed by atoms with Gasteiger partial charge in [0.25, 0.3) is 5.79 Å². The van der Waals surface area contributed by atoms with Crippen molar-refractivity contribution in [3.63, 3.8) is 0 Å². The van der Waals surface area contributed by atoms with Crippen molar-refractivity contribution in [1.82, 2.24) is 16.0 Å². The lowest BCUT2D eigenvalue weighted by atomic mass is 9.60. The number of carboxylic acids is 3. The zero-order chi connectivity index (χ0) is 52.9. The molecule has 1 saturated carbocycles. The van der Waals surface area contributed by atoms with E-state index in [1.807, 2.05) is 0 Å². The third-order valence-corrected chi connectivity index (χ3v) is 15.2. The maximum atomic E-state index is 13.7. The van der Waals surface area contributed by atoms with Crippen LogP contribution in [-0.4, -0.2) is 246 Å². The van der Waals surface area contributed by atoms with Gasteiger partial charge in [0.05, 0.1) is 67.8 Å². The van der Waals surface area contributed by atoms with Crippen molar-refractivity contribution >= 4 is 35.6 Å². The molecule has 4 aliphatic rings. The maximum absolute atomic E-state index is 13.7. The van der Waals surface area contributed by atoms with E-state index in [1.165, 1.54) is 6.92 Å². The minimum atomic E-state index is -3.22. The fourth-order valence-corrected chi connectivity index (χ4v) is 11.0. The molecular formula is C41H67N3O25. The molecule has 0 bridgehead atoms. The van der Waals surface area contributed by atoms with Crippen LogP contribution >= 0.6 is 0 Å². The average molecular weight is 1000 g/mol. The van der Waals surface area contributed by atoms with E-state index in [1.54, 1.807) is 0 Å². The number of aliphatic carboxylic acids is 3. The number of ether oxygens (including phenoxy) is 4. The summed E-state index contributed by atoms with van der Waals surface area (Å²) in [5.41, 5.74) is -12.7. The highest BCUT2D eigenvalue weighted by Crippen LogP contribution is 2.74. The van der Waals surface area contributed by atoms with E-state index in [9.17, 15) is 105 Å². The van der Waals surface area contributed by atoms with Crippen molar-refractivity contribution in [3.05, 3.63) is 0 Å². The SMILES string of the molecule is CCC(CO)(C(C)[C@]1(C(=O)O)C[C@@H](O)C(NC(C)=O)C([C@H](O)[C@@H](CO)OC2(C(=O)O)C3(C)OC([C@H](O)[C@H](O)CO)C(NC(C)=O)[C@H](O)C32C)O1)[C@@H](O)[C@@H](O)C1O[C@@](O)(C(=O)O)C[C@@H](O)C1NC(C)=O. The number of amides is 3. The van der Waals surface area contributed by atoms with Crippen molar-refractivity contribution in [2.45, 2.75) is 182 Å². The summed E-state index contributed by atoms with van der Waals surface area (Å²) in [7, 11) is 0. The van der Waals surface area contributed by atoms with Gasteiger partial charge in [-0.05, 0) is 13.3 Å². The fourth-order valence-electron chi connectivity index (χ4n) is 11.0. The van der Waals surface area contributed by atoms with Gasteiger partial charge in [0.2, 0.25) is 23.3 Å². The van der Waals surface area contributed by atoms with Crippen LogP contribution in [0, 0.1) is 16.7 Å². The summed E-state index contributed by atoms with van der Waals surface area (Å²) < 4.78 is 23.5. The van der Waals surface area contributed by atoms with Crippen LogP contribution in [0.5, 0.6) is 0 Å². The molecule has 28 heteroatoms. The maximum Gasteiger partial charge on any atom is 0.364 e. The summed E-state index contributed by atoms with van der Waals surface area (Å²) >= 11 is 0. The molecule has 0 spiro atoms. The molecule has 4 fully saturated rings. The second-order valence-electron chi connectivity index (χ2n) is 18.9. The van der Waals surface area contributed by atoms with Gasteiger partial charge in [-0.25, -0.2) is 14.4 Å². The molecule has 396 valence electrons. The van der Waals surface area contributed by atoms with E-state index in [0.717, 1.165) is 41.5 Å². The highest BCUT2D eigenvalue weighted by Gasteiger charge is 2.95. The minimum Gasteiger partial charge on any atom is -0.479 e. The van der Waals surface area contributed by atoms with Gasteiger partial charge in [0.15, 0.2) is 5.60 Å². The number of hydrogen-bond acceptors (Lipinski definition) is 22. The molecule has 0 aromatic heterocycles. The number of aliphatic hydroxyl groups is 12. The lowest BCUT2D eigenvalue weighted by molar-refractivity contribution is -0.303. The summed E-state index contributed by atoms with van der Waals surface area (Å²) in [4.78, 5) is 76.3. The number of carboxylic acid groups (broad SMARTS) is 3. The Balaban J connectivity index is 1.84. The first kappa shape index (κ1) is 57.8. The third kappa shape index (κ3) is 9.32. The molecule has 0 aromatic rings. The van der Waals surface area contributed by atoms with Crippen molar-refractivity contribution in [1.29, 1.82) is 0 Å². The molecule has 0 aromatic carbocycles. The largest absolute Gasteiger partial charge is 0.479 e. The molecule has 22 atom stereocenters. The van der Waals surface area contributed by atoms with E-state index in [4.69, 9.17) is 18.9 Å². The number of aliphatic hydroxyl groups excluding tert-OH is 11. The number of carbonyl (C=O) groups excluding carboxylic acids is 3. The number of fused-ring (bicyclic) bond motifs is 1. The first-order valence-corrected chi connectivity index (χ1v) is 22.0. The molecular weight excluding hydrogens is 934 g/mol. The van der Waals surface area contributed by atoms with E-state index < -0.39 is 205 Å². The second kappa shape index (κ2) is 20.7. The van der Waals surface area contributed by atoms with Crippen LogP contribution in [-0.2, 0) is 47.7 Å². The highest BCUT2D eigenvalue weighted by molar-refractivity contribution is 5.88. The highest BCUT2D eigenvalue weighted by atomic mass is 16.7. The first-order chi connectivity index (χ1) is 31.8. The molecule has 1 aliphatic carbocycles. The predicted octanol–water partition coefficient (Wildman–Crippen LogP) is -8.04. The number of carbonyl (C=O) groups is 6. The minimum absolute atomic E-state index is 0.517. The van der Waals surface area contributed by atoms with E-state index in [2.05, 4.69) is 16.0 Å². The van der Waals surface area contributed by atoms with Crippen LogP contribution in [0.2, 0.25) is 0 Å². The van der Waals surface area contributed by atoms with Crippen LogP contribution in [0.4, 0.5) is 0 Å². The van der Waals surface area contributed by atoms with Gasteiger partial charge in [-0.3, -0.25) is 14.4 Å². The predicted molar refractivity (Wildman–Crippen MR) is 223 cm³/mol. The quantitative estimate of drug-likeness (QED) is 0.0508. The molecule has 28 nitrogen and oxygen atoms in total. The summed E-state index contributed by atoms with van der Waals surface area (Å²) in [5.74, 6) is -13.7. The van der Waals surface area contributed by atoms with E-state index >= 15 is 0 Å². The molecule has 3 aliphatic heterocycles. The lowest BCUT2D eigenvalue weighted by Crippen LogP contribution is -2.72. The Labute approximate surface area is 393 Å². The first-order valence-electron chi connectivity index (χ1n) is 22.0. The van der Waals surface area contributed by atoms with Crippen LogP contribution < -0.4 is 16.0 Å². The van der Waals surface area contributed by atoms with Gasteiger partial charge in [0.1, 0.15) is 54.4 Å². The molecule has 3 heterocycles. The summed E-state index contributed by atoms with van der Waals surface area (Å²) in [6.45, 7) is 3.75. The second-order valence-corrected chi connectivity index (χ2v) is 18.9. The zero-order valence-electron chi connectivity index (χ0n) is 38.8. The van der Waals surface area contributed by atoms with Crippen molar-refractivity contribution in [2.75, 3.05) is 19.8 Å². The van der Waals surface area contributed by atoms with Gasteiger partial charge in [-0.1, -0.05) is 20.8 Å². The summed E-state index contributed by atoms with van der Waals surface area (Å²) in [6.07, 6.45) is -28.9. The molecule has 4 rings (SSSR count). The normalized spacial score (nSPS) is 40.5. The van der Waals surface area contributed by atoms with Gasteiger partial charge in [-0.15, -0.1) is 0 Å². The molecule has 0 radical (unpaired) electrons. The molecule has 18 N–H and O–H groups in total. The van der Waals surface area contributed by atoms with Gasteiger partial charge in [0, 0.05) is 44.9 Å². The molecule has 11 unspecified atom stereocenters. The summed E-state index contributed by atoms with van der Waals surface area (Å²) in [6, 6.07) is -5.31. The van der Waals surface area contributed by atoms with Crippen molar-refractivity contribution < 1.29 is 124 Å². The zero-order valence-corrected chi connectivity index (χ0v) is 38.8. The standard InChI is InChI=1S/C41H67N3O25/c1-8-38(13-47,32(58)27(56)29-23(43-16(4)49)19(52)10-40(65,69-29)34(61)62)14(2)39(33(59)60)9-18(51)22(42-15(3)48)28(68-39)26(55)21(12-46)66-41(35(63)64)36(6)31(57)24(44-17(5)50)30(67-37(36,41)7)25(54)20(53)11-45/h14,18-32,45-47,51-58,65H,8-13H2,1-7H3,(H,42,48)(H,43,49)(H,44,50)(H,59,60)(H,61,62)(H,63,64)/t14?,18-,19-,20-,21-,22?,23?,24?,25-,26-,27+,28?,29?,30?,31+,32+,36?,37?,38?,39+,40-,41?/m1/s1. The van der Waals surface area contributed by atoms with Crippen LogP contribution in [0.25, 0.3) is 0 Å². The van der Waals surface area contributed by atoms with Gasteiger partial charge in [-0.2, -0.15) is 0 Å². The molecule has 3 saturated heterocycles. The molecule has 3 amide bonds. The Morgan fingerprint density at radius 2 is 1.16 bits per heavy atom. The molecule has 69 heavy (non-hydrogen) atoms. The lowest BCUT2D eigenvalue weighted by Gasteiger charge is -2.55. The Kier molecular flexibility index (Phi) is 17.3. The topological polar surface area (TPSA) is 479 Å². The van der Waals surface area contributed by atoms with E-state index in [0.29, 0.717) is 0 Å². The summed E-state index contributed by atoms with van der Waals surface area (Å²) in [5, 5.41) is 173. The monoisotopic (exact) mass is 1000 g/mol. The van der Waals surface area contributed by atoms with Crippen LogP contribution in [0.3, 0.4) is 0 Å². The number of hydrogen-bond donors (Lipinski definition) is 18. The number of rotatable bonds is 21. The van der Waals surface area contributed by atoms with Crippen molar-refractivity contribution in [3.8, 4) is 0 Å². The Morgan fingerprint density at radius 1 is 0.681 bits per heavy atom. The third-order valence-electron chi connectivity index (χ3n) is 15.2. The van der Waals surface area contributed by atoms with Crippen LogP contribution in [0.1, 0.15) is 67.7 Å².